The molecule has 1 unspecified atom stereocenters. The first-order chi connectivity index (χ1) is 10.6. The molecule has 7 heteroatoms. The fraction of sp³-hybridized carbons (Fsp3) is 0.600. The first kappa shape index (κ1) is 14.9. The van der Waals surface area contributed by atoms with E-state index >= 15 is 0 Å². The number of carbonyl (C=O) groups excluding carboxylic acids is 1. The molecule has 2 aromatic heterocycles. The van der Waals surface area contributed by atoms with Crippen LogP contribution < -0.4 is 0 Å². The highest BCUT2D eigenvalue weighted by molar-refractivity contribution is 5.94. The van der Waals surface area contributed by atoms with Crippen molar-refractivity contribution in [2.24, 2.45) is 13.0 Å². The molecule has 0 aromatic carbocycles. The van der Waals surface area contributed by atoms with Gasteiger partial charge in [0.25, 0.3) is 0 Å². The maximum atomic E-state index is 12.6. The molecule has 118 valence electrons. The largest absolute Gasteiger partial charge is 0.332 e. The van der Waals surface area contributed by atoms with Crippen molar-refractivity contribution in [2.75, 3.05) is 19.6 Å². The Bertz CT molecular complexity index is 646. The normalized spacial score (nSPS) is 19.5. The van der Waals surface area contributed by atoms with Crippen LogP contribution in [0.2, 0.25) is 0 Å². The summed E-state index contributed by atoms with van der Waals surface area (Å²) >= 11 is 0. The topological polar surface area (TPSA) is 68.8 Å². The standard InChI is InChI=1S/C15H22N6O/c1-12-18-17-11-21(12)9-8-20-6-3-4-13(10-20)14(22)15-16-5-7-19(15)2/h5,7,11,13H,3-4,6,8-10H2,1-2H3. The summed E-state index contributed by atoms with van der Waals surface area (Å²) in [5.41, 5.74) is 0. The number of aryl methyl sites for hydroxylation is 2. The van der Waals surface area contributed by atoms with Crippen LogP contribution in [0.1, 0.15) is 29.3 Å². The average Bonchev–Trinajstić information content (AvgIpc) is 3.13. The molecule has 0 bridgehead atoms. The molecule has 0 saturated carbocycles. The van der Waals surface area contributed by atoms with Crippen LogP contribution in [-0.2, 0) is 13.6 Å². The predicted octanol–water partition coefficient (Wildman–Crippen LogP) is 0.915. The van der Waals surface area contributed by atoms with E-state index in [4.69, 9.17) is 0 Å². The van der Waals surface area contributed by atoms with E-state index in [-0.39, 0.29) is 11.7 Å². The van der Waals surface area contributed by atoms with Gasteiger partial charge in [-0.2, -0.15) is 0 Å². The summed E-state index contributed by atoms with van der Waals surface area (Å²) in [7, 11) is 1.87. The molecular weight excluding hydrogens is 280 g/mol. The highest BCUT2D eigenvalue weighted by Crippen LogP contribution is 2.20. The van der Waals surface area contributed by atoms with E-state index in [1.165, 1.54) is 0 Å². The Morgan fingerprint density at radius 2 is 2.27 bits per heavy atom. The van der Waals surface area contributed by atoms with E-state index < -0.39 is 0 Å². The lowest BCUT2D eigenvalue weighted by molar-refractivity contribution is 0.0802. The number of hydrogen-bond acceptors (Lipinski definition) is 5. The van der Waals surface area contributed by atoms with Crippen LogP contribution in [0.25, 0.3) is 0 Å². The third-order valence-electron chi connectivity index (χ3n) is 4.38. The molecule has 3 heterocycles. The van der Waals surface area contributed by atoms with E-state index in [0.29, 0.717) is 5.82 Å². The number of rotatable bonds is 5. The lowest BCUT2D eigenvalue weighted by Crippen LogP contribution is -2.40. The summed E-state index contributed by atoms with van der Waals surface area (Å²) in [5, 5.41) is 7.90. The Hall–Kier alpha value is -2.02. The summed E-state index contributed by atoms with van der Waals surface area (Å²) in [6, 6.07) is 0. The molecule has 2 aromatic rings. The van der Waals surface area contributed by atoms with Gasteiger partial charge in [-0.3, -0.25) is 4.79 Å². The van der Waals surface area contributed by atoms with E-state index in [1.807, 2.05) is 29.3 Å². The smallest absolute Gasteiger partial charge is 0.202 e. The zero-order valence-electron chi connectivity index (χ0n) is 13.1. The minimum Gasteiger partial charge on any atom is -0.332 e. The molecule has 0 amide bonds. The minimum absolute atomic E-state index is 0.0526. The molecule has 7 nitrogen and oxygen atoms in total. The van der Waals surface area contributed by atoms with E-state index in [2.05, 4.69) is 20.1 Å². The van der Waals surface area contributed by atoms with E-state index in [0.717, 1.165) is 44.8 Å². The second-order valence-corrected chi connectivity index (χ2v) is 5.94. The van der Waals surface area contributed by atoms with Gasteiger partial charge in [-0.15, -0.1) is 10.2 Å². The average molecular weight is 302 g/mol. The third-order valence-corrected chi connectivity index (χ3v) is 4.38. The number of aromatic nitrogens is 5. The van der Waals surface area contributed by atoms with Crippen molar-refractivity contribution in [1.29, 1.82) is 0 Å². The molecular formula is C15H22N6O. The van der Waals surface area contributed by atoms with Crippen LogP contribution in [0.4, 0.5) is 0 Å². The monoisotopic (exact) mass is 302 g/mol. The van der Waals surface area contributed by atoms with Gasteiger partial charge in [-0.05, 0) is 26.3 Å². The highest BCUT2D eigenvalue weighted by atomic mass is 16.1. The number of Topliss-reactive ketones (excluding diaryl/α,β-unsaturated/α-hetero) is 1. The zero-order chi connectivity index (χ0) is 15.5. The van der Waals surface area contributed by atoms with Crippen molar-refractivity contribution in [1.82, 2.24) is 29.2 Å². The third kappa shape index (κ3) is 3.09. The van der Waals surface area contributed by atoms with Crippen molar-refractivity contribution in [3.8, 4) is 0 Å². The number of imidazole rings is 1. The first-order valence-electron chi connectivity index (χ1n) is 7.73. The van der Waals surface area contributed by atoms with Crippen molar-refractivity contribution >= 4 is 5.78 Å². The van der Waals surface area contributed by atoms with Crippen LogP contribution in [0.5, 0.6) is 0 Å². The van der Waals surface area contributed by atoms with Crippen LogP contribution >= 0.6 is 0 Å². The maximum Gasteiger partial charge on any atom is 0.202 e. The van der Waals surface area contributed by atoms with Crippen LogP contribution in [-0.4, -0.2) is 54.6 Å². The van der Waals surface area contributed by atoms with Gasteiger partial charge in [0, 0.05) is 45.0 Å². The van der Waals surface area contributed by atoms with Crippen molar-refractivity contribution < 1.29 is 4.79 Å². The molecule has 1 atom stereocenters. The van der Waals surface area contributed by atoms with Crippen LogP contribution in [0.15, 0.2) is 18.7 Å². The number of piperidine rings is 1. The molecule has 0 N–H and O–H groups in total. The van der Waals surface area contributed by atoms with Crippen LogP contribution in [0, 0.1) is 12.8 Å². The predicted molar refractivity (Wildman–Crippen MR) is 81.5 cm³/mol. The molecule has 22 heavy (non-hydrogen) atoms. The van der Waals surface area contributed by atoms with Gasteiger partial charge in [-0.25, -0.2) is 4.98 Å². The van der Waals surface area contributed by atoms with Gasteiger partial charge in [0.1, 0.15) is 12.2 Å². The molecule has 1 saturated heterocycles. The molecule has 1 fully saturated rings. The highest BCUT2D eigenvalue weighted by Gasteiger charge is 2.28. The summed E-state index contributed by atoms with van der Waals surface area (Å²) in [6.45, 7) is 5.60. The van der Waals surface area contributed by atoms with Gasteiger partial charge >= 0.3 is 0 Å². The van der Waals surface area contributed by atoms with Crippen molar-refractivity contribution in [3.05, 3.63) is 30.4 Å². The fourth-order valence-electron chi connectivity index (χ4n) is 3.04. The van der Waals surface area contributed by atoms with Gasteiger partial charge in [0.2, 0.25) is 5.78 Å². The fourth-order valence-corrected chi connectivity index (χ4v) is 3.04. The van der Waals surface area contributed by atoms with Gasteiger partial charge in [0.05, 0.1) is 0 Å². The number of ketones is 1. The summed E-state index contributed by atoms with van der Waals surface area (Å²) < 4.78 is 3.85. The van der Waals surface area contributed by atoms with Gasteiger partial charge in [0.15, 0.2) is 5.82 Å². The first-order valence-corrected chi connectivity index (χ1v) is 7.73. The van der Waals surface area contributed by atoms with E-state index in [9.17, 15) is 4.79 Å². The summed E-state index contributed by atoms with van der Waals surface area (Å²) in [5.74, 6) is 1.72. The lowest BCUT2D eigenvalue weighted by Gasteiger charge is -2.31. The van der Waals surface area contributed by atoms with Crippen molar-refractivity contribution in [2.45, 2.75) is 26.3 Å². The van der Waals surface area contributed by atoms with Gasteiger partial charge in [-0.1, -0.05) is 0 Å². The molecule has 1 aliphatic heterocycles. The zero-order valence-corrected chi connectivity index (χ0v) is 13.1. The number of carbonyl (C=O) groups is 1. The SMILES string of the molecule is Cc1nncn1CCN1CCCC(C(=O)c2nccn2C)C1. The Kier molecular flexibility index (Phi) is 4.33. The molecule has 0 spiro atoms. The quantitative estimate of drug-likeness (QED) is 0.768. The van der Waals surface area contributed by atoms with E-state index in [1.54, 1.807) is 12.5 Å². The lowest BCUT2D eigenvalue weighted by atomic mass is 9.93. The second-order valence-electron chi connectivity index (χ2n) is 5.94. The van der Waals surface area contributed by atoms with Crippen LogP contribution in [0.3, 0.4) is 0 Å². The number of nitrogens with zero attached hydrogens (tertiary/aromatic N) is 6. The Morgan fingerprint density at radius 1 is 1.41 bits per heavy atom. The minimum atomic E-state index is 0.0526. The number of likely N-dealkylation sites (tertiary alicyclic amines) is 1. The number of hydrogen-bond donors (Lipinski definition) is 0. The molecule has 0 aliphatic carbocycles. The molecule has 1 aliphatic rings. The molecule has 3 rings (SSSR count). The van der Waals surface area contributed by atoms with Crippen molar-refractivity contribution in [3.63, 3.8) is 0 Å². The summed E-state index contributed by atoms with van der Waals surface area (Å²) in [4.78, 5) is 19.1. The Labute approximate surface area is 130 Å². The maximum absolute atomic E-state index is 12.6. The Morgan fingerprint density at radius 3 is 2.95 bits per heavy atom. The summed E-state index contributed by atoms with van der Waals surface area (Å²) in [6.07, 6.45) is 7.27. The van der Waals surface area contributed by atoms with Gasteiger partial charge < -0.3 is 14.0 Å². The molecule has 0 radical (unpaired) electrons. The Balaban J connectivity index is 1.58. The second kappa shape index (κ2) is 6.39.